The van der Waals surface area contributed by atoms with Crippen LogP contribution < -0.4 is 4.74 Å². The average molecular weight is 961 g/mol. The van der Waals surface area contributed by atoms with Gasteiger partial charge in [-0.25, -0.2) is 0 Å². The Hall–Kier alpha value is -3.53. The maximum Gasteiger partial charge on any atom is 0.164 e. The number of pyridine rings is 1. The van der Waals surface area contributed by atoms with Crippen molar-refractivity contribution >= 4 is 38.1 Å². The minimum Gasteiger partial charge on any atom is -0.512 e. The number of hydrogen-bond acceptors (Lipinski definition) is 4. The van der Waals surface area contributed by atoms with Crippen molar-refractivity contribution in [1.29, 1.82) is 0 Å². The number of nitrogens with zero attached hydrogens (tertiary/aromatic N) is 1. The zero-order valence-corrected chi connectivity index (χ0v) is 40.7. The van der Waals surface area contributed by atoms with Gasteiger partial charge in [-0.15, -0.1) is 17.5 Å². The van der Waals surface area contributed by atoms with Gasteiger partial charge in [0.25, 0.3) is 0 Å². The van der Waals surface area contributed by atoms with Gasteiger partial charge in [-0.3, -0.25) is 9.78 Å². The van der Waals surface area contributed by atoms with E-state index < -0.39 is 0 Å². The van der Waals surface area contributed by atoms with E-state index in [0.29, 0.717) is 0 Å². The van der Waals surface area contributed by atoms with E-state index in [4.69, 9.17) is 9.72 Å². The largest absolute Gasteiger partial charge is 0.512 e. The molecule has 4 nitrogen and oxygen atoms in total. The molecule has 6 rings (SSSR count). The van der Waals surface area contributed by atoms with Crippen LogP contribution >= 0.6 is 0 Å². The normalized spacial score (nSPS) is 13.5. The zero-order valence-electron chi connectivity index (χ0n) is 38.3. The summed E-state index contributed by atoms with van der Waals surface area (Å²) in [7, 11) is 0. The van der Waals surface area contributed by atoms with Crippen LogP contribution in [0.1, 0.15) is 146 Å². The first-order chi connectivity index (χ1) is 26.5. The molecule has 0 saturated heterocycles. The molecule has 0 bridgehead atoms. The maximum absolute atomic E-state index is 12.2. The summed E-state index contributed by atoms with van der Waals surface area (Å²) < 4.78 is 6.97. The molecule has 5 aromatic rings. The Bertz CT molecular complexity index is 2300. The number of hydrogen-bond donors (Lipinski definition) is 1. The van der Waals surface area contributed by atoms with Gasteiger partial charge in [0.15, 0.2) is 5.78 Å². The SMILES string of the molecule is CC(C)(C)Cc1ccc2c(CC(C)(C)C)c3c([c-]c2c1)-c1nccc2c1c(cc1c(CC(C)(C)C)cccc12)O3.CCC(C)(CC)C(=O)/C=C(\O)C(C)(CC)CC.[Ir]. The van der Waals surface area contributed by atoms with Gasteiger partial charge < -0.3 is 9.84 Å². The zero-order chi connectivity index (χ0) is 42.3. The molecule has 1 radical (unpaired) electrons. The summed E-state index contributed by atoms with van der Waals surface area (Å²) in [4.78, 5) is 17.2. The van der Waals surface area contributed by atoms with Crippen molar-refractivity contribution in [2.45, 2.75) is 149 Å². The van der Waals surface area contributed by atoms with Gasteiger partial charge in [0.1, 0.15) is 11.5 Å². The van der Waals surface area contributed by atoms with E-state index >= 15 is 0 Å². The minimum absolute atomic E-state index is 0. The second-order valence-corrected chi connectivity index (χ2v) is 20.9. The molecule has 1 aliphatic rings. The summed E-state index contributed by atoms with van der Waals surface area (Å²) in [5.74, 6) is 2.12. The molecule has 58 heavy (non-hydrogen) atoms. The fourth-order valence-electron chi connectivity index (χ4n) is 8.08. The number of rotatable bonds is 10. The molecular weight excluding hydrogens is 891 g/mol. The molecule has 1 aliphatic heterocycles. The van der Waals surface area contributed by atoms with E-state index in [9.17, 15) is 9.90 Å². The molecule has 2 heterocycles. The van der Waals surface area contributed by atoms with E-state index in [1.165, 1.54) is 44.3 Å². The van der Waals surface area contributed by atoms with Gasteiger partial charge in [-0.2, -0.15) is 0 Å². The fourth-order valence-corrected chi connectivity index (χ4v) is 8.08. The van der Waals surface area contributed by atoms with Crippen LogP contribution in [0.2, 0.25) is 0 Å². The van der Waals surface area contributed by atoms with E-state index in [1.54, 1.807) is 0 Å². The Kier molecular flexibility index (Phi) is 14.3. The molecule has 0 aliphatic carbocycles. The number of aliphatic hydroxyl groups is 1. The summed E-state index contributed by atoms with van der Waals surface area (Å²) in [6, 6.07) is 21.9. The second-order valence-electron chi connectivity index (χ2n) is 20.9. The molecule has 0 spiro atoms. The molecular formula is C53H70IrNO3-. The summed E-state index contributed by atoms with van der Waals surface area (Å²) in [5, 5.41) is 17.3. The quantitative estimate of drug-likeness (QED) is 0.0643. The topological polar surface area (TPSA) is 59.4 Å². The van der Waals surface area contributed by atoms with Gasteiger partial charge in [0, 0.05) is 54.3 Å². The fraction of sp³-hybridized carbons (Fsp3) is 0.509. The van der Waals surface area contributed by atoms with Crippen LogP contribution in [0, 0.1) is 33.1 Å². The number of ether oxygens (including phenoxy) is 1. The molecule has 0 saturated carbocycles. The van der Waals surface area contributed by atoms with Crippen LogP contribution in [0.15, 0.2) is 66.6 Å². The van der Waals surface area contributed by atoms with Crippen LogP contribution in [0.3, 0.4) is 0 Å². The summed E-state index contributed by atoms with van der Waals surface area (Å²) >= 11 is 0. The standard InChI is InChI=1S/C38H42NO.C15H28O2.Ir/c1-36(2,3)20-23-13-14-26-25(17-23)18-30-34-33-28(15-16-39-34)27-12-10-11-24(21-37(4,5)6)29(27)19-32(33)40-35(30)31(26)22-38(7,8)9;1-7-14(5,8-2)12(16)11-13(17)15(6,9-3)10-4;/h10-17,19H,20-22H2,1-9H3;11,16H,7-10H2,1-6H3;/q-1;;/b;12-11-;. The molecule has 1 N–H and O–H groups in total. The van der Waals surface area contributed by atoms with Gasteiger partial charge in [-0.1, -0.05) is 156 Å². The summed E-state index contributed by atoms with van der Waals surface area (Å²) in [5.41, 5.74) is 5.84. The number of carbonyl (C=O) groups is 1. The minimum atomic E-state index is -0.337. The third-order valence-corrected chi connectivity index (χ3v) is 12.3. The van der Waals surface area contributed by atoms with E-state index in [2.05, 4.69) is 117 Å². The molecule has 0 unspecified atom stereocenters. The molecule has 4 aromatic carbocycles. The number of benzene rings is 4. The van der Waals surface area contributed by atoms with E-state index in [1.807, 2.05) is 47.7 Å². The first kappa shape index (κ1) is 47.2. The van der Waals surface area contributed by atoms with Crippen molar-refractivity contribution in [2.75, 3.05) is 0 Å². The van der Waals surface area contributed by atoms with Crippen LogP contribution in [-0.2, 0) is 44.2 Å². The Morgan fingerprint density at radius 2 is 1.31 bits per heavy atom. The van der Waals surface area contributed by atoms with Crippen LogP contribution in [-0.4, -0.2) is 15.9 Å². The molecule has 0 amide bonds. The monoisotopic (exact) mass is 961 g/mol. The van der Waals surface area contributed by atoms with E-state index in [-0.39, 0.29) is 58.7 Å². The molecule has 1 aromatic heterocycles. The third-order valence-electron chi connectivity index (χ3n) is 12.3. The number of carbonyl (C=O) groups excluding carboxylic acids is 1. The number of ketones is 1. The van der Waals surface area contributed by atoms with Crippen LogP contribution in [0.25, 0.3) is 43.6 Å². The molecule has 0 fully saturated rings. The van der Waals surface area contributed by atoms with Gasteiger partial charge in [-0.05, 0) is 95.0 Å². The molecule has 0 atom stereocenters. The second kappa shape index (κ2) is 17.6. The van der Waals surface area contributed by atoms with Crippen molar-refractivity contribution < 1.29 is 34.7 Å². The maximum atomic E-state index is 12.2. The molecule has 315 valence electrons. The van der Waals surface area contributed by atoms with Crippen LogP contribution in [0.5, 0.6) is 11.5 Å². The number of aliphatic hydroxyl groups excluding tert-OH is 1. The third kappa shape index (κ3) is 10.2. The van der Waals surface area contributed by atoms with Gasteiger partial charge in [0.05, 0.1) is 5.75 Å². The Morgan fingerprint density at radius 1 is 0.707 bits per heavy atom. The summed E-state index contributed by atoms with van der Waals surface area (Å²) in [6.07, 6.45) is 9.66. The van der Waals surface area contributed by atoms with Crippen LogP contribution in [0.4, 0.5) is 0 Å². The number of allylic oxidation sites excluding steroid dienone is 2. The first-order valence-corrected chi connectivity index (χ1v) is 21.4. The van der Waals surface area contributed by atoms with Gasteiger partial charge in [0.2, 0.25) is 0 Å². The smallest absolute Gasteiger partial charge is 0.164 e. The van der Waals surface area contributed by atoms with Crippen molar-refractivity contribution in [1.82, 2.24) is 4.98 Å². The Morgan fingerprint density at radius 3 is 1.88 bits per heavy atom. The van der Waals surface area contributed by atoms with Crippen molar-refractivity contribution in [3.05, 3.63) is 89.3 Å². The van der Waals surface area contributed by atoms with Crippen molar-refractivity contribution in [3.8, 4) is 22.8 Å². The van der Waals surface area contributed by atoms with Crippen molar-refractivity contribution in [2.24, 2.45) is 27.1 Å². The van der Waals surface area contributed by atoms with E-state index in [0.717, 1.165) is 78.5 Å². The first-order valence-electron chi connectivity index (χ1n) is 21.4. The van der Waals surface area contributed by atoms with Crippen molar-refractivity contribution in [3.63, 3.8) is 0 Å². The Balaban J connectivity index is 0.000000353. The number of aromatic nitrogens is 1. The average Bonchev–Trinajstić information content (AvgIpc) is 3.13. The number of fused-ring (bicyclic) bond motifs is 5. The summed E-state index contributed by atoms with van der Waals surface area (Å²) in [6.45, 7) is 32.8. The Labute approximate surface area is 364 Å². The van der Waals surface area contributed by atoms with Gasteiger partial charge >= 0.3 is 0 Å². The predicted molar refractivity (Wildman–Crippen MR) is 244 cm³/mol. The molecule has 5 heteroatoms. The predicted octanol–water partition coefficient (Wildman–Crippen LogP) is 15.5.